The van der Waals surface area contributed by atoms with Crippen molar-refractivity contribution in [2.45, 2.75) is 40.2 Å². The molecule has 17 heavy (non-hydrogen) atoms. The Morgan fingerprint density at radius 2 is 2.18 bits per heavy atom. The van der Waals surface area contributed by atoms with Crippen LogP contribution in [0.5, 0.6) is 5.75 Å². The maximum absolute atomic E-state index is 9.00. The molecule has 0 fully saturated rings. The van der Waals surface area contributed by atoms with Crippen LogP contribution in [0.3, 0.4) is 0 Å². The van der Waals surface area contributed by atoms with Crippen LogP contribution >= 0.6 is 0 Å². The summed E-state index contributed by atoms with van der Waals surface area (Å²) < 4.78 is 5.76. The van der Waals surface area contributed by atoms with E-state index < -0.39 is 0 Å². The van der Waals surface area contributed by atoms with Gasteiger partial charge in [-0.25, -0.2) is 0 Å². The molecule has 0 radical (unpaired) electrons. The van der Waals surface area contributed by atoms with Crippen molar-refractivity contribution in [2.75, 3.05) is 6.61 Å². The van der Waals surface area contributed by atoms with Gasteiger partial charge >= 0.3 is 0 Å². The fourth-order valence-corrected chi connectivity index (χ4v) is 1.51. The average molecular weight is 234 g/mol. The molecule has 94 valence electrons. The maximum atomic E-state index is 9.00. The molecule has 0 aliphatic heterocycles. The van der Waals surface area contributed by atoms with Crippen molar-refractivity contribution in [3.8, 4) is 5.75 Å². The summed E-state index contributed by atoms with van der Waals surface area (Å²) in [5, 5.41) is 9.00. The quantitative estimate of drug-likeness (QED) is 0.844. The number of ether oxygens (including phenoxy) is 1. The molecular weight excluding hydrogens is 212 g/mol. The number of hydrogen-bond donors (Lipinski definition) is 1. The summed E-state index contributed by atoms with van der Waals surface area (Å²) in [7, 11) is 0. The summed E-state index contributed by atoms with van der Waals surface area (Å²) in [5.74, 6) is 0.913. The molecule has 1 atom stereocenters. The lowest BCUT2D eigenvalue weighted by Gasteiger charge is -2.13. The second-order valence-electron chi connectivity index (χ2n) is 4.50. The van der Waals surface area contributed by atoms with E-state index in [1.165, 1.54) is 5.56 Å². The highest BCUT2D eigenvalue weighted by molar-refractivity contribution is 5.57. The Morgan fingerprint density at radius 1 is 1.47 bits per heavy atom. The van der Waals surface area contributed by atoms with Gasteiger partial charge in [0.2, 0.25) is 0 Å². The van der Waals surface area contributed by atoms with Crippen molar-refractivity contribution >= 4 is 6.08 Å². The van der Waals surface area contributed by atoms with E-state index in [-0.39, 0.29) is 12.7 Å². The van der Waals surface area contributed by atoms with Crippen LogP contribution in [-0.2, 0) is 0 Å². The van der Waals surface area contributed by atoms with Crippen LogP contribution in [0.4, 0.5) is 0 Å². The Kier molecular flexibility index (Phi) is 5.23. The average Bonchev–Trinajstić information content (AvgIpc) is 2.32. The molecule has 0 spiro atoms. The van der Waals surface area contributed by atoms with Crippen molar-refractivity contribution in [3.05, 3.63) is 34.9 Å². The molecule has 0 aliphatic rings. The van der Waals surface area contributed by atoms with E-state index in [4.69, 9.17) is 9.84 Å². The van der Waals surface area contributed by atoms with Gasteiger partial charge in [0.05, 0.1) is 12.7 Å². The molecule has 2 heteroatoms. The van der Waals surface area contributed by atoms with Crippen molar-refractivity contribution in [3.63, 3.8) is 0 Å². The van der Waals surface area contributed by atoms with Gasteiger partial charge in [0, 0.05) is 0 Å². The molecule has 2 nitrogen and oxygen atoms in total. The SMILES string of the molecule is CCC(C)Oc1ccc(C=C(C)CO)c(C)c1. The third-order valence-corrected chi connectivity index (χ3v) is 2.80. The van der Waals surface area contributed by atoms with Crippen molar-refractivity contribution in [2.24, 2.45) is 0 Å². The predicted octanol–water partition coefficient (Wildman–Crippen LogP) is 3.57. The van der Waals surface area contributed by atoms with E-state index in [2.05, 4.69) is 20.8 Å². The molecule has 0 saturated heterocycles. The number of aliphatic hydroxyl groups excluding tert-OH is 1. The lowest BCUT2D eigenvalue weighted by molar-refractivity contribution is 0.217. The van der Waals surface area contributed by atoms with Gasteiger partial charge in [-0.2, -0.15) is 0 Å². The molecule has 1 aromatic rings. The van der Waals surface area contributed by atoms with Crippen LogP contribution in [0.15, 0.2) is 23.8 Å². The third kappa shape index (κ3) is 4.23. The molecule has 0 amide bonds. The zero-order valence-electron chi connectivity index (χ0n) is 11.2. The van der Waals surface area contributed by atoms with Crippen molar-refractivity contribution in [1.29, 1.82) is 0 Å². The Labute approximate surface area is 104 Å². The summed E-state index contributed by atoms with van der Waals surface area (Å²) in [5.41, 5.74) is 3.26. The first-order chi connectivity index (χ1) is 8.06. The van der Waals surface area contributed by atoms with Gasteiger partial charge in [0.25, 0.3) is 0 Å². The minimum absolute atomic E-state index is 0.102. The standard InChI is InChI=1S/C15H22O2/c1-5-13(4)17-15-7-6-14(12(3)9-15)8-11(2)10-16/h6-9,13,16H,5,10H2,1-4H3. The van der Waals surface area contributed by atoms with Crippen LogP contribution in [0.2, 0.25) is 0 Å². The van der Waals surface area contributed by atoms with Gasteiger partial charge in [0.15, 0.2) is 0 Å². The molecule has 0 saturated carbocycles. The Bertz CT molecular complexity index is 394. The summed E-state index contributed by atoms with van der Waals surface area (Å²) in [6.45, 7) is 8.26. The molecular formula is C15H22O2. The van der Waals surface area contributed by atoms with Crippen LogP contribution < -0.4 is 4.74 Å². The highest BCUT2D eigenvalue weighted by atomic mass is 16.5. The van der Waals surface area contributed by atoms with Crippen LogP contribution in [0, 0.1) is 6.92 Å². The van der Waals surface area contributed by atoms with Crippen LogP contribution in [0.1, 0.15) is 38.3 Å². The van der Waals surface area contributed by atoms with Gasteiger partial charge < -0.3 is 9.84 Å². The van der Waals surface area contributed by atoms with E-state index in [1.807, 2.05) is 31.2 Å². The Morgan fingerprint density at radius 3 is 2.71 bits per heavy atom. The highest BCUT2D eigenvalue weighted by Crippen LogP contribution is 2.20. The Balaban J connectivity index is 2.86. The van der Waals surface area contributed by atoms with E-state index >= 15 is 0 Å². The first-order valence-electron chi connectivity index (χ1n) is 6.12. The molecule has 1 rings (SSSR count). The van der Waals surface area contributed by atoms with E-state index in [0.29, 0.717) is 0 Å². The monoisotopic (exact) mass is 234 g/mol. The molecule has 0 bridgehead atoms. The minimum atomic E-state index is 0.102. The summed E-state index contributed by atoms with van der Waals surface area (Å²) in [4.78, 5) is 0. The molecule has 1 N–H and O–H groups in total. The largest absolute Gasteiger partial charge is 0.491 e. The molecule has 0 aromatic heterocycles. The van der Waals surface area contributed by atoms with E-state index in [1.54, 1.807) is 0 Å². The normalized spacial score (nSPS) is 13.6. The second-order valence-corrected chi connectivity index (χ2v) is 4.50. The van der Waals surface area contributed by atoms with Crippen LogP contribution in [-0.4, -0.2) is 17.8 Å². The fourth-order valence-electron chi connectivity index (χ4n) is 1.51. The van der Waals surface area contributed by atoms with Gasteiger partial charge in [-0.1, -0.05) is 19.1 Å². The topological polar surface area (TPSA) is 29.5 Å². The van der Waals surface area contributed by atoms with Gasteiger partial charge in [0.1, 0.15) is 5.75 Å². The number of rotatable bonds is 5. The molecule has 0 aliphatic carbocycles. The molecule has 0 heterocycles. The number of aryl methyl sites for hydroxylation is 1. The first-order valence-corrected chi connectivity index (χ1v) is 6.12. The first kappa shape index (κ1) is 13.8. The zero-order chi connectivity index (χ0) is 12.8. The fraction of sp³-hybridized carbons (Fsp3) is 0.467. The zero-order valence-corrected chi connectivity index (χ0v) is 11.2. The summed E-state index contributed by atoms with van der Waals surface area (Å²) in [6.07, 6.45) is 3.25. The smallest absolute Gasteiger partial charge is 0.120 e. The van der Waals surface area contributed by atoms with Crippen molar-refractivity contribution < 1.29 is 9.84 Å². The van der Waals surface area contributed by atoms with Crippen molar-refractivity contribution in [1.82, 2.24) is 0 Å². The van der Waals surface area contributed by atoms with E-state index in [9.17, 15) is 0 Å². The van der Waals surface area contributed by atoms with Gasteiger partial charge in [-0.3, -0.25) is 0 Å². The summed E-state index contributed by atoms with van der Waals surface area (Å²) in [6, 6.07) is 6.06. The number of hydrogen-bond acceptors (Lipinski definition) is 2. The lowest BCUT2D eigenvalue weighted by Crippen LogP contribution is -2.09. The van der Waals surface area contributed by atoms with E-state index in [0.717, 1.165) is 23.3 Å². The Hall–Kier alpha value is -1.28. The van der Waals surface area contributed by atoms with Gasteiger partial charge in [-0.15, -0.1) is 0 Å². The highest BCUT2D eigenvalue weighted by Gasteiger charge is 2.03. The maximum Gasteiger partial charge on any atom is 0.120 e. The molecule has 1 unspecified atom stereocenters. The molecule has 1 aromatic carbocycles. The minimum Gasteiger partial charge on any atom is -0.491 e. The van der Waals surface area contributed by atoms with Crippen LogP contribution in [0.25, 0.3) is 6.08 Å². The van der Waals surface area contributed by atoms with Gasteiger partial charge in [-0.05, 0) is 56.0 Å². The number of aliphatic hydroxyl groups is 1. The number of benzene rings is 1. The predicted molar refractivity (Wildman–Crippen MR) is 72.3 cm³/mol. The second kappa shape index (κ2) is 6.45. The third-order valence-electron chi connectivity index (χ3n) is 2.80. The lowest BCUT2D eigenvalue weighted by atomic mass is 10.1. The summed E-state index contributed by atoms with van der Waals surface area (Å²) >= 11 is 0.